The number of piperidine rings is 1. The van der Waals surface area contributed by atoms with Crippen LogP contribution in [0.1, 0.15) is 48.4 Å². The zero-order valence-corrected chi connectivity index (χ0v) is 20.3. The van der Waals surface area contributed by atoms with Gasteiger partial charge in [-0.3, -0.25) is 0 Å². The molecule has 192 valence electrons. The van der Waals surface area contributed by atoms with Gasteiger partial charge in [-0.2, -0.15) is 10.5 Å². The molecule has 10 heteroatoms. The summed E-state index contributed by atoms with van der Waals surface area (Å²) in [4.78, 5) is 28.5. The van der Waals surface area contributed by atoms with Crippen LogP contribution in [0, 0.1) is 34.3 Å². The summed E-state index contributed by atoms with van der Waals surface area (Å²) >= 11 is 0. The van der Waals surface area contributed by atoms with E-state index in [2.05, 4.69) is 27.7 Å². The van der Waals surface area contributed by atoms with Crippen LogP contribution in [0.2, 0.25) is 0 Å². The highest BCUT2D eigenvalue weighted by molar-refractivity contribution is 5.94. The van der Waals surface area contributed by atoms with Crippen molar-refractivity contribution < 1.29 is 18.4 Å². The van der Waals surface area contributed by atoms with Crippen LogP contribution in [0.25, 0.3) is 0 Å². The zero-order valence-electron chi connectivity index (χ0n) is 20.3. The molecule has 1 atom stereocenters. The first-order chi connectivity index (χ1) is 17.9. The molecule has 0 aliphatic carbocycles. The minimum atomic E-state index is -1.03. The largest absolute Gasteiger partial charge is 0.338 e. The fourth-order valence-electron chi connectivity index (χ4n) is 5.12. The number of halogens is 2. The van der Waals surface area contributed by atoms with Crippen molar-refractivity contribution in [3.8, 4) is 12.1 Å². The van der Waals surface area contributed by atoms with Crippen molar-refractivity contribution in [2.45, 2.75) is 37.1 Å². The number of imide groups is 1. The van der Waals surface area contributed by atoms with Crippen molar-refractivity contribution in [2.24, 2.45) is 0 Å². The molecule has 1 unspecified atom stereocenters. The van der Waals surface area contributed by atoms with Gasteiger partial charge in [0.15, 0.2) is 11.6 Å². The third kappa shape index (κ3) is 5.55. The highest BCUT2D eigenvalue weighted by atomic mass is 19.2. The highest BCUT2D eigenvalue weighted by Crippen LogP contribution is 2.36. The summed E-state index contributed by atoms with van der Waals surface area (Å²) in [5.74, 6) is -2.01. The van der Waals surface area contributed by atoms with E-state index in [-0.39, 0.29) is 0 Å². The second-order valence-electron chi connectivity index (χ2n) is 9.36. The fraction of sp³-hybridized carbons (Fsp3) is 0.407. The summed E-state index contributed by atoms with van der Waals surface area (Å²) in [6.45, 7) is 2.72. The van der Waals surface area contributed by atoms with Crippen LogP contribution in [0.4, 0.5) is 18.4 Å². The van der Waals surface area contributed by atoms with Crippen molar-refractivity contribution in [1.82, 2.24) is 20.4 Å². The Balaban J connectivity index is 1.29. The molecule has 37 heavy (non-hydrogen) atoms. The van der Waals surface area contributed by atoms with E-state index in [1.165, 1.54) is 6.07 Å². The summed E-state index contributed by atoms with van der Waals surface area (Å²) in [5.41, 5.74) is 0.982. The van der Waals surface area contributed by atoms with Crippen LogP contribution in [-0.2, 0) is 5.41 Å². The van der Waals surface area contributed by atoms with Crippen molar-refractivity contribution in [2.75, 3.05) is 32.7 Å². The molecule has 0 saturated carbocycles. The Morgan fingerprint density at radius 2 is 1.89 bits per heavy atom. The molecule has 2 aromatic carbocycles. The third-order valence-corrected chi connectivity index (χ3v) is 7.19. The Labute approximate surface area is 214 Å². The molecule has 2 heterocycles. The molecule has 8 nitrogen and oxygen atoms in total. The van der Waals surface area contributed by atoms with Gasteiger partial charge in [0.2, 0.25) is 0 Å². The van der Waals surface area contributed by atoms with Gasteiger partial charge in [-0.15, -0.1) is 0 Å². The van der Waals surface area contributed by atoms with E-state index in [4.69, 9.17) is 0 Å². The van der Waals surface area contributed by atoms with Gasteiger partial charge in [0.25, 0.3) is 0 Å². The topological polar surface area (TPSA) is 112 Å². The van der Waals surface area contributed by atoms with Gasteiger partial charge in [-0.05, 0) is 74.6 Å². The molecule has 0 spiro atoms. The number of nitrogens with one attached hydrogen (secondary N) is 2. The van der Waals surface area contributed by atoms with Crippen LogP contribution >= 0.6 is 0 Å². The molecule has 4 amide bonds. The number of carbonyl (C=O) groups excluding carboxylic acids is 2. The van der Waals surface area contributed by atoms with Crippen molar-refractivity contribution in [3.05, 3.63) is 70.8 Å². The lowest BCUT2D eigenvalue weighted by Crippen LogP contribution is -2.54. The number of hydrogen-bond acceptors (Lipinski definition) is 5. The number of hydrogen-bond donors (Lipinski definition) is 2. The Morgan fingerprint density at radius 1 is 1.14 bits per heavy atom. The molecule has 2 N–H and O–H groups in total. The normalized spacial score (nSPS) is 19.4. The average Bonchev–Trinajstić information content (AvgIpc) is 2.92. The van der Waals surface area contributed by atoms with Crippen LogP contribution < -0.4 is 10.6 Å². The molecular weight excluding hydrogens is 478 g/mol. The first-order valence-corrected chi connectivity index (χ1v) is 12.3. The van der Waals surface area contributed by atoms with Crippen LogP contribution in [-0.4, -0.2) is 54.6 Å². The summed E-state index contributed by atoms with van der Waals surface area (Å²) in [5, 5.41) is 24.8. The van der Waals surface area contributed by atoms with Crippen molar-refractivity contribution in [1.29, 1.82) is 10.5 Å². The van der Waals surface area contributed by atoms with E-state index in [1.54, 1.807) is 12.1 Å². The van der Waals surface area contributed by atoms with E-state index < -0.39 is 35.2 Å². The highest BCUT2D eigenvalue weighted by Gasteiger charge is 2.38. The SMILES string of the molecule is N#Cc1ccccc1C1(C#N)CCN(CCCNC(=O)N2C(=O)NCCC2c2ccc(F)c(F)c2)CC1. The van der Waals surface area contributed by atoms with Crippen LogP contribution in [0.5, 0.6) is 0 Å². The molecule has 2 aliphatic rings. The van der Waals surface area contributed by atoms with E-state index in [1.807, 2.05) is 12.1 Å². The zero-order chi connectivity index (χ0) is 26.4. The Bertz CT molecular complexity index is 1250. The standard InChI is InChI=1S/C27H28F2N6O2/c28-22-7-6-19(16-23(22)29)24-8-12-33-26(37)35(24)25(36)32-11-3-13-34-14-9-27(18-31,10-15-34)21-5-2-1-4-20(21)17-30/h1-2,4-7,16,24H,3,8-15H2,(H,32,36)(H,33,37). The van der Waals surface area contributed by atoms with E-state index >= 15 is 0 Å². The maximum absolute atomic E-state index is 13.8. The number of benzene rings is 2. The number of nitriles is 2. The summed E-state index contributed by atoms with van der Waals surface area (Å²) in [6, 6.07) is 13.4. The van der Waals surface area contributed by atoms with Gasteiger partial charge in [0.05, 0.1) is 29.2 Å². The molecule has 2 aliphatic heterocycles. The summed E-state index contributed by atoms with van der Waals surface area (Å²) < 4.78 is 27.1. The molecular formula is C27H28F2N6O2. The lowest BCUT2D eigenvalue weighted by molar-refractivity contribution is 0.153. The summed E-state index contributed by atoms with van der Waals surface area (Å²) in [6.07, 6.45) is 2.23. The van der Waals surface area contributed by atoms with Gasteiger partial charge in [-0.25, -0.2) is 23.3 Å². The second kappa shape index (κ2) is 11.4. The van der Waals surface area contributed by atoms with E-state index in [0.29, 0.717) is 69.5 Å². The summed E-state index contributed by atoms with van der Waals surface area (Å²) in [7, 11) is 0. The Kier molecular flexibility index (Phi) is 8.00. The molecule has 2 saturated heterocycles. The van der Waals surface area contributed by atoms with Crippen molar-refractivity contribution in [3.63, 3.8) is 0 Å². The minimum absolute atomic E-state index is 0.324. The first-order valence-electron chi connectivity index (χ1n) is 12.3. The number of nitrogens with zero attached hydrogens (tertiary/aromatic N) is 4. The maximum Gasteiger partial charge on any atom is 0.326 e. The van der Waals surface area contributed by atoms with Crippen LogP contribution in [0.15, 0.2) is 42.5 Å². The smallest absolute Gasteiger partial charge is 0.326 e. The first kappa shape index (κ1) is 26.1. The number of likely N-dealkylation sites (tertiary alicyclic amines) is 1. The molecule has 0 aromatic heterocycles. The number of carbonyl (C=O) groups is 2. The molecule has 4 rings (SSSR count). The van der Waals surface area contributed by atoms with Gasteiger partial charge >= 0.3 is 12.1 Å². The number of amides is 4. The van der Waals surface area contributed by atoms with Crippen molar-refractivity contribution >= 4 is 12.1 Å². The maximum atomic E-state index is 13.8. The van der Waals surface area contributed by atoms with Gasteiger partial charge < -0.3 is 15.5 Å². The second-order valence-corrected chi connectivity index (χ2v) is 9.36. The third-order valence-electron chi connectivity index (χ3n) is 7.19. The monoisotopic (exact) mass is 506 g/mol. The molecule has 0 radical (unpaired) electrons. The quantitative estimate of drug-likeness (QED) is 0.576. The fourth-order valence-corrected chi connectivity index (χ4v) is 5.12. The molecule has 0 bridgehead atoms. The molecule has 2 aromatic rings. The average molecular weight is 507 g/mol. The molecule has 2 fully saturated rings. The minimum Gasteiger partial charge on any atom is -0.338 e. The predicted molar refractivity (Wildman–Crippen MR) is 131 cm³/mol. The Hall–Kier alpha value is -4.02. The lowest BCUT2D eigenvalue weighted by atomic mass is 9.72. The van der Waals surface area contributed by atoms with E-state index in [0.717, 1.165) is 22.6 Å². The van der Waals surface area contributed by atoms with Gasteiger partial charge in [0.1, 0.15) is 0 Å². The number of rotatable bonds is 6. The Morgan fingerprint density at radius 3 is 2.59 bits per heavy atom. The number of urea groups is 2. The van der Waals surface area contributed by atoms with Crippen LogP contribution in [0.3, 0.4) is 0 Å². The lowest BCUT2D eigenvalue weighted by Gasteiger charge is -2.38. The van der Waals surface area contributed by atoms with Gasteiger partial charge in [0, 0.05) is 13.1 Å². The van der Waals surface area contributed by atoms with E-state index in [9.17, 15) is 28.9 Å². The van der Waals surface area contributed by atoms with Gasteiger partial charge in [-0.1, -0.05) is 24.3 Å². The predicted octanol–water partition coefficient (Wildman–Crippen LogP) is 3.95.